The molecular weight excluding hydrogens is 384 g/mol. The summed E-state index contributed by atoms with van der Waals surface area (Å²) in [5.41, 5.74) is 2.33. The second-order valence-corrected chi connectivity index (χ2v) is 8.74. The molecule has 1 aliphatic rings. The van der Waals surface area contributed by atoms with Gasteiger partial charge in [0.25, 0.3) is 5.91 Å². The third-order valence-corrected chi connectivity index (χ3v) is 7.39. The largest absolute Gasteiger partial charge is 0.308 e. The van der Waals surface area contributed by atoms with Crippen molar-refractivity contribution in [1.29, 1.82) is 0 Å². The number of fused-ring (bicyclic) bond motifs is 1. The van der Waals surface area contributed by atoms with Gasteiger partial charge in [-0.05, 0) is 42.7 Å². The fraction of sp³-hybridized carbons (Fsp3) is 0.350. The van der Waals surface area contributed by atoms with Gasteiger partial charge in [-0.15, -0.1) is 0 Å². The molecule has 0 atom stereocenters. The number of rotatable bonds is 5. The zero-order valence-electron chi connectivity index (χ0n) is 15.5. The van der Waals surface area contributed by atoms with Gasteiger partial charge in [0.15, 0.2) is 0 Å². The van der Waals surface area contributed by atoms with E-state index in [2.05, 4.69) is 0 Å². The highest BCUT2D eigenvalue weighted by molar-refractivity contribution is 7.89. The summed E-state index contributed by atoms with van der Waals surface area (Å²) in [6.45, 7) is 4.83. The number of anilines is 1. The molecular formula is C20H23ClN2O3S. The van der Waals surface area contributed by atoms with Crippen molar-refractivity contribution in [2.75, 3.05) is 24.5 Å². The summed E-state index contributed by atoms with van der Waals surface area (Å²) in [6.07, 6.45) is 1.81. The van der Waals surface area contributed by atoms with E-state index in [0.717, 1.165) is 24.1 Å². The van der Waals surface area contributed by atoms with Crippen LogP contribution in [0.25, 0.3) is 0 Å². The molecule has 27 heavy (non-hydrogen) atoms. The van der Waals surface area contributed by atoms with Gasteiger partial charge in [0.05, 0.1) is 5.02 Å². The Labute approximate surface area is 165 Å². The molecule has 0 spiro atoms. The number of nitrogens with zero attached hydrogens (tertiary/aromatic N) is 2. The van der Waals surface area contributed by atoms with Crippen LogP contribution in [0.15, 0.2) is 47.4 Å². The van der Waals surface area contributed by atoms with Crippen LogP contribution in [-0.2, 0) is 16.4 Å². The number of aryl methyl sites for hydroxylation is 1. The molecule has 0 N–H and O–H groups in total. The maximum atomic E-state index is 13.1. The van der Waals surface area contributed by atoms with Crippen molar-refractivity contribution in [2.24, 2.45) is 0 Å². The molecule has 0 saturated heterocycles. The van der Waals surface area contributed by atoms with E-state index in [4.69, 9.17) is 11.6 Å². The number of amides is 1. The molecule has 1 heterocycles. The first kappa shape index (κ1) is 19.9. The van der Waals surface area contributed by atoms with Crippen LogP contribution in [-0.4, -0.2) is 38.3 Å². The quantitative estimate of drug-likeness (QED) is 0.755. The third kappa shape index (κ3) is 3.74. The fourth-order valence-electron chi connectivity index (χ4n) is 3.44. The average Bonchev–Trinajstić information content (AvgIpc) is 2.68. The van der Waals surface area contributed by atoms with Crippen molar-refractivity contribution < 1.29 is 13.2 Å². The van der Waals surface area contributed by atoms with Crippen LogP contribution in [0.5, 0.6) is 0 Å². The van der Waals surface area contributed by atoms with Gasteiger partial charge >= 0.3 is 0 Å². The summed E-state index contributed by atoms with van der Waals surface area (Å²) in [5.74, 6) is -0.213. The van der Waals surface area contributed by atoms with Gasteiger partial charge < -0.3 is 4.90 Å². The summed E-state index contributed by atoms with van der Waals surface area (Å²) in [4.78, 5) is 14.8. The number of carbonyl (C=O) groups is 1. The van der Waals surface area contributed by atoms with Crippen molar-refractivity contribution in [3.63, 3.8) is 0 Å². The summed E-state index contributed by atoms with van der Waals surface area (Å²) < 4.78 is 27.1. The molecule has 0 aliphatic carbocycles. The smallest absolute Gasteiger partial charge is 0.258 e. The highest BCUT2D eigenvalue weighted by Gasteiger charge is 2.28. The lowest BCUT2D eigenvalue weighted by molar-refractivity contribution is 0.0985. The zero-order valence-corrected chi connectivity index (χ0v) is 17.1. The Bertz CT molecular complexity index is 955. The standard InChI is InChI=1S/C20H23ClN2O3S/c1-3-22(4-2)27(25,26)19-14-16(11-12-17(19)21)20(24)23-13-7-9-15-8-5-6-10-18(15)23/h5-6,8,10-12,14H,3-4,7,9,13H2,1-2H3. The number of para-hydroxylation sites is 1. The topological polar surface area (TPSA) is 57.7 Å². The van der Waals surface area contributed by atoms with Gasteiger partial charge in [-0.25, -0.2) is 8.42 Å². The minimum atomic E-state index is -3.75. The van der Waals surface area contributed by atoms with E-state index < -0.39 is 10.0 Å². The average molecular weight is 407 g/mol. The Hall–Kier alpha value is -1.89. The molecule has 0 saturated carbocycles. The first-order chi connectivity index (χ1) is 12.9. The van der Waals surface area contributed by atoms with Crippen LogP contribution in [0.3, 0.4) is 0 Å². The molecule has 2 aromatic carbocycles. The molecule has 0 aromatic heterocycles. The highest BCUT2D eigenvalue weighted by atomic mass is 35.5. The molecule has 1 amide bonds. The van der Waals surface area contributed by atoms with Crippen LogP contribution >= 0.6 is 11.6 Å². The maximum Gasteiger partial charge on any atom is 0.258 e. The number of hydrogen-bond donors (Lipinski definition) is 0. The Morgan fingerprint density at radius 2 is 1.85 bits per heavy atom. The van der Waals surface area contributed by atoms with E-state index in [1.807, 2.05) is 24.3 Å². The van der Waals surface area contributed by atoms with Crippen molar-refractivity contribution >= 4 is 33.2 Å². The van der Waals surface area contributed by atoms with E-state index in [-0.39, 0.29) is 15.8 Å². The first-order valence-electron chi connectivity index (χ1n) is 9.09. The Morgan fingerprint density at radius 1 is 1.15 bits per heavy atom. The summed E-state index contributed by atoms with van der Waals surface area (Å²) in [7, 11) is -3.75. The Balaban J connectivity index is 2.01. The number of sulfonamides is 1. The third-order valence-electron chi connectivity index (χ3n) is 4.86. The molecule has 0 unspecified atom stereocenters. The summed E-state index contributed by atoms with van der Waals surface area (Å²) >= 11 is 6.18. The molecule has 5 nitrogen and oxygen atoms in total. The van der Waals surface area contributed by atoms with Crippen LogP contribution in [0.1, 0.15) is 36.2 Å². The Morgan fingerprint density at radius 3 is 2.56 bits per heavy atom. The second kappa shape index (κ2) is 8.00. The molecule has 0 fully saturated rings. The van der Waals surface area contributed by atoms with Crippen LogP contribution < -0.4 is 4.90 Å². The minimum Gasteiger partial charge on any atom is -0.308 e. The van der Waals surface area contributed by atoms with Gasteiger partial charge in [-0.2, -0.15) is 4.31 Å². The predicted octanol–water partition coefficient (Wildman–Crippen LogP) is 3.96. The molecule has 0 radical (unpaired) electrons. The Kier molecular flexibility index (Phi) is 5.89. The van der Waals surface area contributed by atoms with E-state index >= 15 is 0 Å². The SMILES string of the molecule is CCN(CC)S(=O)(=O)c1cc(C(=O)N2CCCc3ccccc32)ccc1Cl. The van der Waals surface area contributed by atoms with Gasteiger partial charge in [-0.1, -0.05) is 43.6 Å². The second-order valence-electron chi connectivity index (χ2n) is 6.42. The lowest BCUT2D eigenvalue weighted by Crippen LogP contribution is -2.36. The van der Waals surface area contributed by atoms with Gasteiger partial charge in [-0.3, -0.25) is 4.79 Å². The van der Waals surface area contributed by atoms with Gasteiger partial charge in [0.2, 0.25) is 10.0 Å². The lowest BCUT2D eigenvalue weighted by atomic mass is 10.0. The summed E-state index contributed by atoms with van der Waals surface area (Å²) in [5, 5.41) is 0.123. The van der Waals surface area contributed by atoms with Crippen molar-refractivity contribution in [3.05, 3.63) is 58.6 Å². The maximum absolute atomic E-state index is 13.1. The van der Waals surface area contributed by atoms with E-state index in [1.54, 1.807) is 24.8 Å². The van der Waals surface area contributed by atoms with Crippen LogP contribution in [0.4, 0.5) is 5.69 Å². The minimum absolute atomic E-state index is 0.0241. The first-order valence-corrected chi connectivity index (χ1v) is 10.9. The van der Waals surface area contributed by atoms with Crippen LogP contribution in [0.2, 0.25) is 5.02 Å². The number of halogens is 1. The predicted molar refractivity (Wildman–Crippen MR) is 108 cm³/mol. The van der Waals surface area contributed by atoms with E-state index in [9.17, 15) is 13.2 Å². The number of carbonyl (C=O) groups excluding carboxylic acids is 1. The van der Waals surface area contributed by atoms with Crippen molar-refractivity contribution in [1.82, 2.24) is 4.31 Å². The molecule has 1 aliphatic heterocycles. The van der Waals surface area contributed by atoms with Crippen LogP contribution in [0, 0.1) is 0 Å². The zero-order chi connectivity index (χ0) is 19.6. The molecule has 2 aromatic rings. The summed E-state index contributed by atoms with van der Waals surface area (Å²) in [6, 6.07) is 12.3. The number of benzene rings is 2. The van der Waals surface area contributed by atoms with E-state index in [1.165, 1.54) is 16.4 Å². The monoisotopic (exact) mass is 406 g/mol. The van der Waals surface area contributed by atoms with Crippen molar-refractivity contribution in [2.45, 2.75) is 31.6 Å². The van der Waals surface area contributed by atoms with Gasteiger partial charge in [0, 0.05) is 30.9 Å². The van der Waals surface area contributed by atoms with Gasteiger partial charge in [0.1, 0.15) is 4.90 Å². The molecule has 3 rings (SSSR count). The molecule has 7 heteroatoms. The normalized spacial score (nSPS) is 14.3. The molecule has 0 bridgehead atoms. The lowest BCUT2D eigenvalue weighted by Gasteiger charge is -2.29. The van der Waals surface area contributed by atoms with Crippen molar-refractivity contribution in [3.8, 4) is 0 Å². The fourth-order valence-corrected chi connectivity index (χ4v) is 5.40. The number of hydrogen-bond acceptors (Lipinski definition) is 3. The van der Waals surface area contributed by atoms with E-state index in [0.29, 0.717) is 25.2 Å². The molecule has 144 valence electrons. The highest BCUT2D eigenvalue weighted by Crippen LogP contribution is 2.30.